The Balaban J connectivity index is 2.56. The molecule has 0 spiro atoms. The lowest BCUT2D eigenvalue weighted by Gasteiger charge is -2.11. The Morgan fingerprint density at radius 1 is 1.33 bits per heavy atom. The van der Waals surface area contributed by atoms with Crippen molar-refractivity contribution in [3.63, 3.8) is 0 Å². The molecule has 2 aromatic rings. The van der Waals surface area contributed by atoms with E-state index in [1.54, 1.807) is 11.4 Å². The van der Waals surface area contributed by atoms with Crippen LogP contribution in [0.5, 0.6) is 0 Å². The Morgan fingerprint density at radius 3 is 2.61 bits per heavy atom. The molecule has 0 saturated carbocycles. The number of aromatic nitrogens is 1. The zero-order valence-electron chi connectivity index (χ0n) is 9.38. The van der Waals surface area contributed by atoms with Crippen LogP contribution < -0.4 is 0 Å². The molecule has 0 radical (unpaired) electrons. The van der Waals surface area contributed by atoms with Crippen LogP contribution in [0.2, 0.25) is 0 Å². The number of rotatable bonds is 2. The van der Waals surface area contributed by atoms with Gasteiger partial charge in [0.05, 0.1) is 11.3 Å². The SMILES string of the molecule is CCc1csc(-c2ccc(Br)cc2C(F)(F)F)n1. The topological polar surface area (TPSA) is 12.9 Å². The summed E-state index contributed by atoms with van der Waals surface area (Å²) in [6, 6.07) is 4.13. The second kappa shape index (κ2) is 5.01. The van der Waals surface area contributed by atoms with Crippen LogP contribution in [0.25, 0.3) is 10.6 Å². The van der Waals surface area contributed by atoms with Crippen LogP contribution in [0, 0.1) is 0 Å². The third-order valence-electron chi connectivity index (χ3n) is 2.43. The van der Waals surface area contributed by atoms with Gasteiger partial charge in [0.15, 0.2) is 0 Å². The van der Waals surface area contributed by atoms with E-state index in [2.05, 4.69) is 20.9 Å². The third kappa shape index (κ3) is 2.75. The molecule has 1 nitrogen and oxygen atoms in total. The monoisotopic (exact) mass is 335 g/mol. The number of hydrogen-bond acceptors (Lipinski definition) is 2. The van der Waals surface area contributed by atoms with Gasteiger partial charge in [-0.2, -0.15) is 13.2 Å². The Hall–Kier alpha value is -0.880. The van der Waals surface area contributed by atoms with E-state index in [0.717, 1.165) is 11.8 Å². The quantitative estimate of drug-likeness (QED) is 0.739. The van der Waals surface area contributed by atoms with Gasteiger partial charge in [-0.25, -0.2) is 4.98 Å². The normalized spacial score (nSPS) is 11.8. The standard InChI is InChI=1S/C12H9BrF3NS/c1-2-8-6-18-11(17-8)9-4-3-7(13)5-10(9)12(14,15)16/h3-6H,2H2,1H3. The van der Waals surface area contributed by atoms with Crippen molar-refractivity contribution in [1.82, 2.24) is 4.98 Å². The molecule has 1 aromatic carbocycles. The predicted octanol–water partition coefficient (Wildman–Crippen LogP) is 5.15. The van der Waals surface area contributed by atoms with Gasteiger partial charge in [0, 0.05) is 15.4 Å². The van der Waals surface area contributed by atoms with Crippen LogP contribution in [0.3, 0.4) is 0 Å². The number of nitrogens with zero attached hydrogens (tertiary/aromatic N) is 1. The van der Waals surface area contributed by atoms with E-state index in [1.807, 2.05) is 6.92 Å². The van der Waals surface area contributed by atoms with Gasteiger partial charge >= 0.3 is 6.18 Å². The summed E-state index contributed by atoms with van der Waals surface area (Å²) < 4.78 is 39.3. The van der Waals surface area contributed by atoms with Crippen molar-refractivity contribution in [3.05, 3.63) is 39.3 Å². The van der Waals surface area contributed by atoms with Crippen LogP contribution >= 0.6 is 27.3 Å². The van der Waals surface area contributed by atoms with E-state index < -0.39 is 11.7 Å². The summed E-state index contributed by atoms with van der Waals surface area (Å²) in [6.45, 7) is 1.92. The molecule has 96 valence electrons. The molecule has 6 heteroatoms. The summed E-state index contributed by atoms with van der Waals surface area (Å²) in [4.78, 5) is 4.21. The average molecular weight is 336 g/mol. The van der Waals surface area contributed by atoms with Gasteiger partial charge in [0.25, 0.3) is 0 Å². The highest BCUT2D eigenvalue weighted by atomic mass is 79.9. The molecule has 0 aliphatic carbocycles. The molecule has 1 aromatic heterocycles. The fourth-order valence-electron chi connectivity index (χ4n) is 1.53. The lowest BCUT2D eigenvalue weighted by Crippen LogP contribution is -2.07. The van der Waals surface area contributed by atoms with Crippen LogP contribution in [0.15, 0.2) is 28.1 Å². The minimum Gasteiger partial charge on any atom is -0.241 e. The average Bonchev–Trinajstić information content (AvgIpc) is 2.76. The zero-order chi connectivity index (χ0) is 13.3. The van der Waals surface area contributed by atoms with E-state index in [1.165, 1.54) is 17.4 Å². The molecular weight excluding hydrogens is 327 g/mol. The fourth-order valence-corrected chi connectivity index (χ4v) is 2.83. The van der Waals surface area contributed by atoms with E-state index in [0.29, 0.717) is 15.9 Å². The first-order valence-electron chi connectivity index (χ1n) is 5.23. The second-order valence-corrected chi connectivity index (χ2v) is 5.46. The number of hydrogen-bond donors (Lipinski definition) is 0. The predicted molar refractivity (Wildman–Crippen MR) is 69.6 cm³/mol. The number of thiazole rings is 1. The van der Waals surface area contributed by atoms with E-state index in [9.17, 15) is 13.2 Å². The Morgan fingerprint density at radius 2 is 2.06 bits per heavy atom. The molecule has 0 saturated heterocycles. The van der Waals surface area contributed by atoms with Gasteiger partial charge in [-0.3, -0.25) is 0 Å². The Bertz CT molecular complexity index is 563. The van der Waals surface area contributed by atoms with E-state index in [-0.39, 0.29) is 5.56 Å². The molecule has 18 heavy (non-hydrogen) atoms. The van der Waals surface area contributed by atoms with Gasteiger partial charge in [-0.05, 0) is 18.6 Å². The smallest absolute Gasteiger partial charge is 0.241 e. The molecule has 0 atom stereocenters. The Labute approximate surface area is 115 Å². The maximum atomic E-state index is 13.0. The molecule has 0 aliphatic rings. The van der Waals surface area contributed by atoms with Crippen LogP contribution in [0.4, 0.5) is 13.2 Å². The van der Waals surface area contributed by atoms with Crippen molar-refractivity contribution in [3.8, 4) is 10.6 Å². The van der Waals surface area contributed by atoms with Crippen molar-refractivity contribution >= 4 is 27.3 Å². The first-order chi connectivity index (χ1) is 8.41. The molecule has 0 unspecified atom stereocenters. The molecule has 0 fully saturated rings. The highest BCUT2D eigenvalue weighted by Crippen LogP contribution is 2.39. The fraction of sp³-hybridized carbons (Fsp3) is 0.250. The van der Waals surface area contributed by atoms with E-state index >= 15 is 0 Å². The molecular formula is C12H9BrF3NS. The van der Waals surface area contributed by atoms with Crippen LogP contribution in [0.1, 0.15) is 18.2 Å². The number of benzene rings is 1. The first-order valence-corrected chi connectivity index (χ1v) is 6.90. The largest absolute Gasteiger partial charge is 0.417 e. The number of halogens is 4. The molecule has 0 N–H and O–H groups in total. The molecule has 0 aliphatic heterocycles. The maximum Gasteiger partial charge on any atom is 0.417 e. The molecule has 2 rings (SSSR count). The van der Waals surface area contributed by atoms with Gasteiger partial charge in [-0.15, -0.1) is 11.3 Å². The summed E-state index contributed by atoms with van der Waals surface area (Å²) in [5.74, 6) is 0. The van der Waals surface area contributed by atoms with Gasteiger partial charge < -0.3 is 0 Å². The summed E-state index contributed by atoms with van der Waals surface area (Å²) in [5, 5.41) is 2.20. The summed E-state index contributed by atoms with van der Waals surface area (Å²) >= 11 is 4.30. The summed E-state index contributed by atoms with van der Waals surface area (Å²) in [7, 11) is 0. The highest BCUT2D eigenvalue weighted by Gasteiger charge is 2.34. The second-order valence-electron chi connectivity index (χ2n) is 3.69. The zero-order valence-corrected chi connectivity index (χ0v) is 11.8. The lowest BCUT2D eigenvalue weighted by molar-refractivity contribution is -0.137. The minimum absolute atomic E-state index is 0.135. The lowest BCUT2D eigenvalue weighted by atomic mass is 10.1. The molecule has 1 heterocycles. The van der Waals surface area contributed by atoms with Crippen molar-refractivity contribution < 1.29 is 13.2 Å². The maximum absolute atomic E-state index is 13.0. The first kappa shape index (κ1) is 13.5. The Kier molecular flexibility index (Phi) is 3.77. The summed E-state index contributed by atoms with van der Waals surface area (Å²) in [5.41, 5.74) is 0.287. The van der Waals surface area contributed by atoms with Crippen molar-refractivity contribution in [2.75, 3.05) is 0 Å². The van der Waals surface area contributed by atoms with Crippen molar-refractivity contribution in [1.29, 1.82) is 0 Å². The van der Waals surface area contributed by atoms with Gasteiger partial charge in [0.1, 0.15) is 5.01 Å². The highest BCUT2D eigenvalue weighted by molar-refractivity contribution is 9.10. The van der Waals surface area contributed by atoms with E-state index in [4.69, 9.17) is 0 Å². The van der Waals surface area contributed by atoms with Gasteiger partial charge in [0.2, 0.25) is 0 Å². The molecule has 0 amide bonds. The third-order valence-corrected chi connectivity index (χ3v) is 3.85. The van der Waals surface area contributed by atoms with Crippen molar-refractivity contribution in [2.45, 2.75) is 19.5 Å². The van der Waals surface area contributed by atoms with Gasteiger partial charge in [-0.1, -0.05) is 28.9 Å². The van der Waals surface area contributed by atoms with Crippen molar-refractivity contribution in [2.24, 2.45) is 0 Å². The van der Waals surface area contributed by atoms with Crippen LogP contribution in [-0.4, -0.2) is 4.98 Å². The number of alkyl halides is 3. The summed E-state index contributed by atoms with van der Waals surface area (Å²) in [6.07, 6.45) is -3.66. The number of aryl methyl sites for hydroxylation is 1. The molecule has 0 bridgehead atoms. The van der Waals surface area contributed by atoms with Crippen LogP contribution in [-0.2, 0) is 12.6 Å². The minimum atomic E-state index is -4.38.